The number of epoxide rings is 1. The summed E-state index contributed by atoms with van der Waals surface area (Å²) in [5.74, 6) is 1.27. The van der Waals surface area contributed by atoms with Crippen LogP contribution in [0.1, 0.15) is 127 Å². The predicted octanol–water partition coefficient (Wildman–Crippen LogP) is 13.0. The van der Waals surface area contributed by atoms with Crippen LogP contribution in [0.25, 0.3) is 0 Å². The van der Waals surface area contributed by atoms with Crippen molar-refractivity contribution >= 4 is 54.0 Å². The molecule has 0 spiro atoms. The van der Waals surface area contributed by atoms with Gasteiger partial charge in [-0.2, -0.15) is 0 Å². The standard InChI is InChI=1S/C60H86O7Si4/c1-43(2)69(44(3)4,45(5)6)65-52-40-46(62-16)39-51-53(52)54(61)59(41-63-68(17,18)56(7,8)9)60(67-59,42-64-70(57(10,11)12,47-31-23-19-24-32-47)48-33-25-20-26-34-48)55(51)66-71(58(13,14)15,49-35-27-21-28-36-49)50-37-29-22-30-38-50/h19-40,43-45,54-55,61H,41-42H2,1-18H3/t54-,55-,59-,60+/m1/s1. The molecule has 5 aromatic carbocycles. The number of aliphatic hydroxyl groups is 1. The van der Waals surface area contributed by atoms with Crippen LogP contribution in [0.3, 0.4) is 0 Å². The van der Waals surface area contributed by atoms with E-state index < -0.39 is 61.7 Å². The van der Waals surface area contributed by atoms with E-state index in [0.717, 1.165) is 26.3 Å². The van der Waals surface area contributed by atoms with Crippen LogP contribution in [0.2, 0.25) is 44.8 Å². The van der Waals surface area contributed by atoms with Gasteiger partial charge in [-0.1, -0.05) is 225 Å². The van der Waals surface area contributed by atoms with Gasteiger partial charge in [-0.15, -0.1) is 0 Å². The van der Waals surface area contributed by atoms with Crippen LogP contribution in [0.5, 0.6) is 11.5 Å². The first-order valence-electron chi connectivity index (χ1n) is 26.1. The minimum absolute atomic E-state index is 0.117. The summed E-state index contributed by atoms with van der Waals surface area (Å²) in [5.41, 5.74) is -0.283. The van der Waals surface area contributed by atoms with Crippen molar-refractivity contribution in [2.75, 3.05) is 20.3 Å². The molecule has 0 unspecified atom stereocenters. The second kappa shape index (κ2) is 19.9. The summed E-state index contributed by atoms with van der Waals surface area (Å²) in [6.07, 6.45) is -1.97. The average Bonchev–Trinajstić information content (AvgIpc) is 4.00. The Morgan fingerprint density at radius 2 is 0.944 bits per heavy atom. The van der Waals surface area contributed by atoms with E-state index in [1.807, 2.05) is 6.07 Å². The first-order valence-corrected chi connectivity index (χ1v) is 35.0. The zero-order valence-corrected chi connectivity index (χ0v) is 50.4. The van der Waals surface area contributed by atoms with Crippen LogP contribution in [-0.4, -0.2) is 69.9 Å². The van der Waals surface area contributed by atoms with Crippen molar-refractivity contribution in [1.82, 2.24) is 0 Å². The van der Waals surface area contributed by atoms with Crippen molar-refractivity contribution in [2.45, 2.75) is 172 Å². The summed E-state index contributed by atoms with van der Waals surface area (Å²) in [5, 5.41) is 17.6. The highest BCUT2D eigenvalue weighted by Crippen LogP contribution is 2.70. The first kappa shape index (κ1) is 55.1. The van der Waals surface area contributed by atoms with Gasteiger partial charge in [0.2, 0.25) is 0 Å². The molecule has 1 aliphatic heterocycles. The smallest absolute Gasteiger partial charge is 0.262 e. The van der Waals surface area contributed by atoms with E-state index >= 15 is 0 Å². The highest BCUT2D eigenvalue weighted by atomic mass is 28.4. The van der Waals surface area contributed by atoms with E-state index in [1.165, 1.54) is 0 Å². The molecule has 1 fully saturated rings. The molecule has 0 amide bonds. The Labute approximate surface area is 432 Å². The quantitative estimate of drug-likeness (QED) is 0.0692. The predicted molar refractivity (Wildman–Crippen MR) is 304 cm³/mol. The topological polar surface area (TPSA) is 78.9 Å². The molecule has 0 radical (unpaired) electrons. The number of aliphatic hydroxyl groups excluding tert-OH is 1. The molecule has 0 aromatic heterocycles. The number of ether oxygens (including phenoxy) is 2. The molecule has 1 N–H and O–H groups in total. The fraction of sp³-hybridized carbons (Fsp3) is 0.500. The molecule has 7 nitrogen and oxygen atoms in total. The van der Waals surface area contributed by atoms with E-state index in [1.54, 1.807) is 7.11 Å². The van der Waals surface area contributed by atoms with Gasteiger partial charge in [-0.25, -0.2) is 0 Å². The molecule has 11 heteroatoms. The number of rotatable bonds is 18. The van der Waals surface area contributed by atoms with Gasteiger partial charge in [0, 0.05) is 11.6 Å². The second-order valence-electron chi connectivity index (χ2n) is 25.0. The monoisotopic (exact) mass is 1030 g/mol. The van der Waals surface area contributed by atoms with Crippen molar-refractivity contribution in [1.29, 1.82) is 0 Å². The lowest BCUT2D eigenvalue weighted by Crippen LogP contribution is -2.69. The molecule has 1 saturated heterocycles. The van der Waals surface area contributed by atoms with E-state index in [-0.39, 0.29) is 39.9 Å². The third kappa shape index (κ3) is 9.26. The maximum Gasteiger partial charge on any atom is 0.262 e. The van der Waals surface area contributed by atoms with Crippen molar-refractivity contribution < 1.29 is 32.3 Å². The minimum atomic E-state index is -3.41. The molecule has 0 saturated carbocycles. The van der Waals surface area contributed by atoms with Crippen LogP contribution >= 0.6 is 0 Å². The molecule has 2 aliphatic rings. The van der Waals surface area contributed by atoms with Crippen molar-refractivity contribution in [3.05, 3.63) is 145 Å². The largest absolute Gasteiger partial charge is 0.542 e. The van der Waals surface area contributed by atoms with Gasteiger partial charge in [-0.3, -0.25) is 0 Å². The van der Waals surface area contributed by atoms with Gasteiger partial charge in [0.25, 0.3) is 25.0 Å². The molecular formula is C60H86O7Si4. The number of fused-ring (bicyclic) bond motifs is 2. The van der Waals surface area contributed by atoms with Crippen molar-refractivity contribution in [2.24, 2.45) is 0 Å². The van der Waals surface area contributed by atoms with Gasteiger partial charge < -0.3 is 32.3 Å². The van der Waals surface area contributed by atoms with E-state index in [0.29, 0.717) is 17.1 Å². The summed E-state index contributed by atoms with van der Waals surface area (Å²) in [6.45, 7) is 39.3. The number of hydrogen-bond acceptors (Lipinski definition) is 7. The van der Waals surface area contributed by atoms with E-state index in [4.69, 9.17) is 27.2 Å². The molecule has 4 atom stereocenters. The molecule has 1 heterocycles. The Kier molecular flexibility index (Phi) is 15.5. The average molecular weight is 1030 g/mol. The Balaban J connectivity index is 1.61. The SMILES string of the molecule is COc1cc(O[Si](C(C)C)(C(C)C)C(C)C)c2c(c1)[C@@H](O[Si](c1ccccc1)(c1ccccc1)C(C)(C)C)[C@]1(CO[Si](c3ccccc3)(c3ccccc3)C(C)(C)C)O[C@]1(CO[Si](C)(C)C(C)(C)C)[C@@H]2O. The number of benzene rings is 5. The summed E-state index contributed by atoms with van der Waals surface area (Å²) in [7, 11) is -10.0. The summed E-state index contributed by atoms with van der Waals surface area (Å²) in [6, 6.07) is 47.3. The highest BCUT2D eigenvalue weighted by molar-refractivity contribution is 7.00. The lowest BCUT2D eigenvalue weighted by Gasteiger charge is -2.50. The molecule has 0 bridgehead atoms. The summed E-state index contributed by atoms with van der Waals surface area (Å²) < 4.78 is 45.8. The Morgan fingerprint density at radius 1 is 0.549 bits per heavy atom. The van der Waals surface area contributed by atoms with Gasteiger partial charge in [-0.05, 0) is 77.2 Å². The fourth-order valence-electron chi connectivity index (χ4n) is 12.2. The highest BCUT2D eigenvalue weighted by Gasteiger charge is 2.82. The van der Waals surface area contributed by atoms with Crippen molar-refractivity contribution in [3.8, 4) is 11.5 Å². The van der Waals surface area contributed by atoms with Crippen LogP contribution in [0.4, 0.5) is 0 Å². The van der Waals surface area contributed by atoms with Crippen LogP contribution in [-0.2, 0) is 18.0 Å². The Hall–Kier alpha value is -3.63. The van der Waals surface area contributed by atoms with Gasteiger partial charge in [0.05, 0.1) is 20.3 Å². The maximum absolute atomic E-state index is 13.9. The zero-order chi connectivity index (χ0) is 52.2. The molecular weight excluding hydrogens is 945 g/mol. The Morgan fingerprint density at radius 3 is 1.31 bits per heavy atom. The van der Waals surface area contributed by atoms with Crippen LogP contribution < -0.4 is 29.9 Å². The lowest BCUT2D eigenvalue weighted by molar-refractivity contribution is 0.0183. The number of methoxy groups -OCH3 is 1. The zero-order valence-electron chi connectivity index (χ0n) is 46.4. The van der Waals surface area contributed by atoms with Gasteiger partial charge in [0.1, 0.15) is 23.7 Å². The van der Waals surface area contributed by atoms with Gasteiger partial charge >= 0.3 is 0 Å². The van der Waals surface area contributed by atoms with Crippen LogP contribution in [0.15, 0.2) is 133 Å². The van der Waals surface area contributed by atoms with Crippen molar-refractivity contribution in [3.63, 3.8) is 0 Å². The minimum Gasteiger partial charge on any atom is -0.542 e. The van der Waals surface area contributed by atoms with Crippen LogP contribution in [0, 0.1) is 0 Å². The molecule has 384 valence electrons. The normalized spacial score (nSPS) is 21.0. The summed E-state index contributed by atoms with van der Waals surface area (Å²) in [4.78, 5) is 0. The van der Waals surface area contributed by atoms with E-state index in [9.17, 15) is 5.11 Å². The summed E-state index contributed by atoms with van der Waals surface area (Å²) >= 11 is 0. The number of hydrogen-bond donors (Lipinski definition) is 1. The second-order valence-corrected chi connectivity index (χ2v) is 43.7. The third-order valence-corrected chi connectivity index (χ3v) is 37.4. The van der Waals surface area contributed by atoms with E-state index in [2.05, 4.69) is 244 Å². The third-order valence-electron chi connectivity index (χ3n) is 16.9. The molecule has 7 rings (SSSR count). The maximum atomic E-state index is 13.9. The van der Waals surface area contributed by atoms with Gasteiger partial charge in [0.15, 0.2) is 19.5 Å². The first-order chi connectivity index (χ1) is 33.1. The fourth-order valence-corrected chi connectivity index (χ4v) is 27.7. The Bertz CT molecular complexity index is 2470. The molecule has 71 heavy (non-hydrogen) atoms. The molecule has 1 aliphatic carbocycles. The lowest BCUT2D eigenvalue weighted by atomic mass is 9.72. The molecule has 5 aromatic rings.